The second kappa shape index (κ2) is 2.42. The van der Waals surface area contributed by atoms with Crippen molar-refractivity contribution in [2.75, 3.05) is 0 Å². The summed E-state index contributed by atoms with van der Waals surface area (Å²) in [5.74, 6) is 0.444. The van der Waals surface area contributed by atoms with Crippen LogP contribution in [0.1, 0.15) is 12.8 Å². The average molecular weight is 146 g/mol. The highest BCUT2D eigenvalue weighted by Crippen LogP contribution is 2.28. The minimum atomic E-state index is 0.444. The molecule has 2 aliphatic rings. The fourth-order valence-electron chi connectivity index (χ4n) is 1.46. The lowest BCUT2D eigenvalue weighted by molar-refractivity contribution is 0.429. The highest BCUT2D eigenvalue weighted by atomic mass is 16.3. The van der Waals surface area contributed by atoms with Gasteiger partial charge in [0.05, 0.1) is 0 Å². The maximum Gasteiger partial charge on any atom is 0.119 e. The topological polar surface area (TPSA) is 20.2 Å². The lowest BCUT2D eigenvalue weighted by Gasteiger charge is -2.02. The van der Waals surface area contributed by atoms with Gasteiger partial charge in [-0.25, -0.2) is 0 Å². The molecular formula is C10H10O. The van der Waals surface area contributed by atoms with E-state index >= 15 is 0 Å². The predicted molar refractivity (Wildman–Crippen MR) is 45.3 cm³/mol. The number of rotatable bonds is 1. The van der Waals surface area contributed by atoms with Crippen LogP contribution in [-0.2, 0) is 0 Å². The van der Waals surface area contributed by atoms with Gasteiger partial charge in [-0.05, 0) is 24.5 Å². The zero-order valence-electron chi connectivity index (χ0n) is 6.25. The van der Waals surface area contributed by atoms with Gasteiger partial charge in [0, 0.05) is 5.57 Å². The Morgan fingerprint density at radius 3 is 2.64 bits per heavy atom. The highest BCUT2D eigenvalue weighted by molar-refractivity contribution is 5.47. The van der Waals surface area contributed by atoms with Gasteiger partial charge in [-0.1, -0.05) is 24.3 Å². The van der Waals surface area contributed by atoms with E-state index in [1.54, 1.807) is 6.08 Å². The van der Waals surface area contributed by atoms with E-state index in [-0.39, 0.29) is 0 Å². The molecule has 0 radical (unpaired) electrons. The van der Waals surface area contributed by atoms with E-state index < -0.39 is 0 Å². The lowest BCUT2D eigenvalue weighted by Crippen LogP contribution is -1.86. The van der Waals surface area contributed by atoms with Crippen molar-refractivity contribution >= 4 is 0 Å². The normalized spacial score (nSPS) is 21.6. The number of aliphatic hydroxyl groups is 1. The molecule has 0 saturated heterocycles. The van der Waals surface area contributed by atoms with Gasteiger partial charge in [0.25, 0.3) is 0 Å². The van der Waals surface area contributed by atoms with Crippen LogP contribution in [0.3, 0.4) is 0 Å². The first-order valence-electron chi connectivity index (χ1n) is 3.82. The van der Waals surface area contributed by atoms with Gasteiger partial charge in [0.1, 0.15) is 5.76 Å². The molecule has 0 bridgehead atoms. The largest absolute Gasteiger partial charge is 0.508 e. The van der Waals surface area contributed by atoms with Crippen molar-refractivity contribution in [1.29, 1.82) is 0 Å². The van der Waals surface area contributed by atoms with Crippen molar-refractivity contribution in [1.82, 2.24) is 0 Å². The molecule has 0 atom stereocenters. The first kappa shape index (κ1) is 6.47. The maximum absolute atomic E-state index is 9.37. The van der Waals surface area contributed by atoms with Gasteiger partial charge in [-0.15, -0.1) is 0 Å². The Balaban J connectivity index is 2.25. The van der Waals surface area contributed by atoms with Crippen LogP contribution < -0.4 is 0 Å². The SMILES string of the molecule is OC1=C(C2=CC=CC2)CC=C1. The minimum Gasteiger partial charge on any atom is -0.508 e. The molecule has 0 spiro atoms. The molecule has 1 N–H and O–H groups in total. The van der Waals surface area contributed by atoms with Crippen LogP contribution in [0.15, 0.2) is 47.3 Å². The summed E-state index contributed by atoms with van der Waals surface area (Å²) in [5, 5.41) is 9.37. The Bertz CT molecular complexity index is 290. The second-order valence-corrected chi connectivity index (χ2v) is 2.79. The molecule has 1 heteroatoms. The average Bonchev–Trinajstić information content (AvgIpc) is 2.55. The third kappa shape index (κ3) is 1.03. The quantitative estimate of drug-likeness (QED) is 0.603. The van der Waals surface area contributed by atoms with E-state index in [1.165, 1.54) is 5.57 Å². The first-order valence-corrected chi connectivity index (χ1v) is 3.82. The molecule has 0 aromatic carbocycles. The Kier molecular flexibility index (Phi) is 1.42. The number of hydrogen-bond acceptors (Lipinski definition) is 1. The lowest BCUT2D eigenvalue weighted by atomic mass is 10.0. The number of aliphatic hydroxyl groups excluding tert-OH is 1. The van der Waals surface area contributed by atoms with E-state index in [0.717, 1.165) is 18.4 Å². The molecule has 0 heterocycles. The van der Waals surface area contributed by atoms with E-state index in [9.17, 15) is 5.11 Å². The summed E-state index contributed by atoms with van der Waals surface area (Å²) in [5.41, 5.74) is 2.35. The molecule has 0 aromatic rings. The maximum atomic E-state index is 9.37. The van der Waals surface area contributed by atoms with Crippen LogP contribution >= 0.6 is 0 Å². The summed E-state index contributed by atoms with van der Waals surface area (Å²) in [6.45, 7) is 0. The van der Waals surface area contributed by atoms with Gasteiger partial charge in [-0.3, -0.25) is 0 Å². The van der Waals surface area contributed by atoms with Crippen molar-refractivity contribution in [2.24, 2.45) is 0 Å². The Labute approximate surface area is 66.0 Å². The van der Waals surface area contributed by atoms with Gasteiger partial charge >= 0.3 is 0 Å². The van der Waals surface area contributed by atoms with Gasteiger partial charge in [-0.2, -0.15) is 0 Å². The second-order valence-electron chi connectivity index (χ2n) is 2.79. The fraction of sp³-hybridized carbons (Fsp3) is 0.200. The molecule has 2 rings (SSSR count). The third-order valence-corrected chi connectivity index (χ3v) is 2.07. The number of hydrogen-bond donors (Lipinski definition) is 1. The molecule has 0 amide bonds. The Morgan fingerprint density at radius 2 is 2.09 bits per heavy atom. The zero-order chi connectivity index (χ0) is 7.68. The van der Waals surface area contributed by atoms with Crippen LogP contribution in [-0.4, -0.2) is 5.11 Å². The highest BCUT2D eigenvalue weighted by Gasteiger charge is 2.12. The number of allylic oxidation sites excluding steroid dienone is 7. The van der Waals surface area contributed by atoms with Crippen LogP contribution in [0.25, 0.3) is 0 Å². The molecule has 0 fully saturated rings. The molecule has 11 heavy (non-hydrogen) atoms. The summed E-state index contributed by atoms with van der Waals surface area (Å²) in [6, 6.07) is 0. The van der Waals surface area contributed by atoms with Crippen molar-refractivity contribution < 1.29 is 5.11 Å². The predicted octanol–water partition coefficient (Wildman–Crippen LogP) is 2.64. The van der Waals surface area contributed by atoms with Crippen LogP contribution in [0.2, 0.25) is 0 Å². The van der Waals surface area contributed by atoms with Crippen molar-refractivity contribution in [3.8, 4) is 0 Å². The molecule has 0 aliphatic heterocycles. The standard InChI is InChI=1S/C10H10O/c11-10-7-3-6-9(10)8-4-1-2-5-8/h1-4,7,11H,5-6H2. The summed E-state index contributed by atoms with van der Waals surface area (Å²) < 4.78 is 0. The van der Waals surface area contributed by atoms with E-state index in [1.807, 2.05) is 12.2 Å². The smallest absolute Gasteiger partial charge is 0.119 e. The van der Waals surface area contributed by atoms with Crippen molar-refractivity contribution in [3.63, 3.8) is 0 Å². The van der Waals surface area contributed by atoms with Crippen LogP contribution in [0.5, 0.6) is 0 Å². The monoisotopic (exact) mass is 146 g/mol. The van der Waals surface area contributed by atoms with Gasteiger partial charge < -0.3 is 5.11 Å². The summed E-state index contributed by atoms with van der Waals surface area (Å²) >= 11 is 0. The van der Waals surface area contributed by atoms with Gasteiger partial charge in [0.2, 0.25) is 0 Å². The molecule has 0 aromatic heterocycles. The van der Waals surface area contributed by atoms with E-state index in [4.69, 9.17) is 0 Å². The molecular weight excluding hydrogens is 136 g/mol. The summed E-state index contributed by atoms with van der Waals surface area (Å²) in [4.78, 5) is 0. The van der Waals surface area contributed by atoms with E-state index in [2.05, 4.69) is 12.2 Å². The molecule has 2 aliphatic carbocycles. The Morgan fingerprint density at radius 1 is 1.18 bits per heavy atom. The first-order chi connectivity index (χ1) is 5.38. The fourth-order valence-corrected chi connectivity index (χ4v) is 1.46. The molecule has 0 unspecified atom stereocenters. The van der Waals surface area contributed by atoms with Gasteiger partial charge in [0.15, 0.2) is 0 Å². The van der Waals surface area contributed by atoms with Crippen molar-refractivity contribution in [3.05, 3.63) is 47.3 Å². The van der Waals surface area contributed by atoms with Crippen LogP contribution in [0.4, 0.5) is 0 Å². The van der Waals surface area contributed by atoms with Crippen molar-refractivity contribution in [2.45, 2.75) is 12.8 Å². The summed E-state index contributed by atoms with van der Waals surface area (Å²) in [7, 11) is 0. The Hall–Kier alpha value is -1.24. The molecule has 1 nitrogen and oxygen atoms in total. The van der Waals surface area contributed by atoms with E-state index in [0.29, 0.717) is 5.76 Å². The minimum absolute atomic E-state index is 0.444. The third-order valence-electron chi connectivity index (χ3n) is 2.07. The summed E-state index contributed by atoms with van der Waals surface area (Å²) in [6.07, 6.45) is 11.8. The zero-order valence-corrected chi connectivity index (χ0v) is 6.25. The molecule has 0 saturated carbocycles. The molecule has 56 valence electrons. The van der Waals surface area contributed by atoms with Crippen LogP contribution in [0, 0.1) is 0 Å².